The molecule has 0 heterocycles. The lowest BCUT2D eigenvalue weighted by atomic mass is 9.95. The SMILES string of the molecule is CCCC(C)C(=O)Cc1ccccc1OC. The van der Waals surface area contributed by atoms with E-state index < -0.39 is 0 Å². The fraction of sp³-hybridized carbons (Fsp3) is 0.500. The molecule has 0 N–H and O–H groups in total. The molecule has 0 aliphatic rings. The van der Waals surface area contributed by atoms with E-state index in [-0.39, 0.29) is 5.92 Å². The largest absolute Gasteiger partial charge is 0.496 e. The van der Waals surface area contributed by atoms with Gasteiger partial charge in [-0.05, 0) is 12.5 Å². The lowest BCUT2D eigenvalue weighted by molar-refractivity contribution is -0.121. The van der Waals surface area contributed by atoms with Crippen LogP contribution in [0.15, 0.2) is 24.3 Å². The van der Waals surface area contributed by atoms with Crippen LogP contribution in [0.3, 0.4) is 0 Å². The van der Waals surface area contributed by atoms with Crippen LogP contribution in [0, 0.1) is 5.92 Å². The fourth-order valence-electron chi connectivity index (χ4n) is 1.80. The Hall–Kier alpha value is -1.31. The molecule has 88 valence electrons. The number of rotatable bonds is 6. The molecule has 1 rings (SSSR count). The predicted molar refractivity (Wildman–Crippen MR) is 65.8 cm³/mol. The monoisotopic (exact) mass is 220 g/mol. The summed E-state index contributed by atoms with van der Waals surface area (Å²) in [7, 11) is 1.64. The smallest absolute Gasteiger partial charge is 0.140 e. The van der Waals surface area contributed by atoms with Crippen molar-refractivity contribution in [3.05, 3.63) is 29.8 Å². The van der Waals surface area contributed by atoms with Gasteiger partial charge in [0.15, 0.2) is 0 Å². The molecule has 0 aliphatic heterocycles. The van der Waals surface area contributed by atoms with Crippen molar-refractivity contribution in [2.45, 2.75) is 33.1 Å². The van der Waals surface area contributed by atoms with Gasteiger partial charge in [-0.25, -0.2) is 0 Å². The Kier molecular flexibility index (Phi) is 5.03. The van der Waals surface area contributed by atoms with Crippen molar-refractivity contribution in [1.29, 1.82) is 0 Å². The van der Waals surface area contributed by atoms with E-state index in [0.717, 1.165) is 24.2 Å². The first-order valence-electron chi connectivity index (χ1n) is 5.83. The molecular weight excluding hydrogens is 200 g/mol. The van der Waals surface area contributed by atoms with Gasteiger partial charge >= 0.3 is 0 Å². The van der Waals surface area contributed by atoms with Gasteiger partial charge in [0.25, 0.3) is 0 Å². The van der Waals surface area contributed by atoms with Crippen molar-refractivity contribution in [2.75, 3.05) is 7.11 Å². The first-order valence-corrected chi connectivity index (χ1v) is 5.83. The Bertz CT molecular complexity index is 344. The van der Waals surface area contributed by atoms with E-state index in [1.165, 1.54) is 0 Å². The van der Waals surface area contributed by atoms with Gasteiger partial charge in [0.2, 0.25) is 0 Å². The second-order valence-electron chi connectivity index (χ2n) is 4.14. The summed E-state index contributed by atoms with van der Waals surface area (Å²) >= 11 is 0. The molecular formula is C14H20O2. The lowest BCUT2D eigenvalue weighted by Gasteiger charge is -2.11. The van der Waals surface area contributed by atoms with Crippen molar-refractivity contribution >= 4 is 5.78 Å². The lowest BCUT2D eigenvalue weighted by Crippen LogP contribution is -2.13. The zero-order chi connectivity index (χ0) is 12.0. The summed E-state index contributed by atoms with van der Waals surface area (Å²) < 4.78 is 5.23. The number of Topliss-reactive ketones (excluding diaryl/α,β-unsaturated/α-hetero) is 1. The highest BCUT2D eigenvalue weighted by atomic mass is 16.5. The van der Waals surface area contributed by atoms with E-state index in [4.69, 9.17) is 4.74 Å². The standard InChI is InChI=1S/C14H20O2/c1-4-7-11(2)13(15)10-12-8-5-6-9-14(12)16-3/h5-6,8-9,11H,4,7,10H2,1-3H3. The van der Waals surface area contributed by atoms with Crippen LogP contribution in [0.5, 0.6) is 5.75 Å². The molecule has 0 amide bonds. The average Bonchev–Trinajstić information content (AvgIpc) is 2.30. The maximum atomic E-state index is 11.9. The van der Waals surface area contributed by atoms with Crippen molar-refractivity contribution in [2.24, 2.45) is 5.92 Å². The van der Waals surface area contributed by atoms with Crippen LogP contribution in [0.4, 0.5) is 0 Å². The number of carbonyl (C=O) groups is 1. The highest BCUT2D eigenvalue weighted by Gasteiger charge is 2.14. The summed E-state index contributed by atoms with van der Waals surface area (Å²) in [5, 5.41) is 0. The van der Waals surface area contributed by atoms with Gasteiger partial charge < -0.3 is 4.74 Å². The van der Waals surface area contributed by atoms with Gasteiger partial charge in [-0.1, -0.05) is 38.5 Å². The van der Waals surface area contributed by atoms with Crippen LogP contribution < -0.4 is 4.74 Å². The molecule has 1 aromatic rings. The minimum Gasteiger partial charge on any atom is -0.496 e. The molecule has 0 fully saturated rings. The molecule has 0 aliphatic carbocycles. The van der Waals surface area contributed by atoms with Crippen molar-refractivity contribution in [3.8, 4) is 5.75 Å². The molecule has 0 bridgehead atoms. The van der Waals surface area contributed by atoms with Gasteiger partial charge in [-0.2, -0.15) is 0 Å². The normalized spacial score (nSPS) is 12.2. The van der Waals surface area contributed by atoms with E-state index in [2.05, 4.69) is 6.92 Å². The number of benzene rings is 1. The van der Waals surface area contributed by atoms with Crippen LogP contribution in [0.1, 0.15) is 32.3 Å². The Balaban J connectivity index is 2.69. The number of hydrogen-bond donors (Lipinski definition) is 0. The number of methoxy groups -OCH3 is 1. The van der Waals surface area contributed by atoms with Gasteiger partial charge in [0.1, 0.15) is 11.5 Å². The van der Waals surface area contributed by atoms with Gasteiger partial charge in [-0.15, -0.1) is 0 Å². The quantitative estimate of drug-likeness (QED) is 0.735. The molecule has 1 atom stereocenters. The fourth-order valence-corrected chi connectivity index (χ4v) is 1.80. The van der Waals surface area contributed by atoms with Crippen LogP contribution in [-0.4, -0.2) is 12.9 Å². The Morgan fingerprint density at radius 1 is 1.38 bits per heavy atom. The molecule has 2 nitrogen and oxygen atoms in total. The maximum Gasteiger partial charge on any atom is 0.140 e. The van der Waals surface area contributed by atoms with E-state index in [1.54, 1.807) is 7.11 Å². The molecule has 1 aromatic carbocycles. The van der Waals surface area contributed by atoms with Crippen molar-refractivity contribution < 1.29 is 9.53 Å². The van der Waals surface area contributed by atoms with E-state index in [9.17, 15) is 4.79 Å². The van der Waals surface area contributed by atoms with E-state index in [1.807, 2.05) is 31.2 Å². The second-order valence-corrected chi connectivity index (χ2v) is 4.14. The predicted octanol–water partition coefficient (Wildman–Crippen LogP) is 3.24. The summed E-state index contributed by atoms with van der Waals surface area (Å²) in [6, 6.07) is 7.71. The highest BCUT2D eigenvalue weighted by molar-refractivity contribution is 5.83. The summed E-state index contributed by atoms with van der Waals surface area (Å²) in [5.41, 5.74) is 0.984. The molecule has 0 saturated carbocycles. The van der Waals surface area contributed by atoms with Crippen LogP contribution in [-0.2, 0) is 11.2 Å². The summed E-state index contributed by atoms with van der Waals surface area (Å²) in [4.78, 5) is 11.9. The molecule has 0 spiro atoms. The molecule has 1 unspecified atom stereocenters. The third kappa shape index (κ3) is 3.37. The molecule has 0 radical (unpaired) electrons. The molecule has 0 saturated heterocycles. The number of carbonyl (C=O) groups excluding carboxylic acids is 1. The summed E-state index contributed by atoms with van der Waals surface area (Å²) in [6.07, 6.45) is 2.50. The zero-order valence-corrected chi connectivity index (χ0v) is 10.3. The van der Waals surface area contributed by atoms with Crippen LogP contribution in [0.25, 0.3) is 0 Å². The summed E-state index contributed by atoms with van der Waals surface area (Å²) in [5.74, 6) is 1.25. The van der Waals surface area contributed by atoms with Crippen LogP contribution >= 0.6 is 0 Å². The van der Waals surface area contributed by atoms with E-state index in [0.29, 0.717) is 12.2 Å². The highest BCUT2D eigenvalue weighted by Crippen LogP contribution is 2.20. The Labute approximate surface area is 97.6 Å². The Morgan fingerprint density at radius 2 is 2.06 bits per heavy atom. The zero-order valence-electron chi connectivity index (χ0n) is 10.3. The molecule has 0 aromatic heterocycles. The van der Waals surface area contributed by atoms with Gasteiger partial charge in [0.05, 0.1) is 7.11 Å². The number of hydrogen-bond acceptors (Lipinski definition) is 2. The first-order chi connectivity index (χ1) is 7.69. The summed E-state index contributed by atoms with van der Waals surface area (Å²) in [6.45, 7) is 4.11. The topological polar surface area (TPSA) is 26.3 Å². The number of ketones is 1. The maximum absolute atomic E-state index is 11.9. The first kappa shape index (κ1) is 12.8. The van der Waals surface area contributed by atoms with Crippen molar-refractivity contribution in [1.82, 2.24) is 0 Å². The number of para-hydroxylation sites is 1. The molecule has 2 heteroatoms. The Morgan fingerprint density at radius 3 is 2.69 bits per heavy atom. The number of ether oxygens (including phenoxy) is 1. The van der Waals surface area contributed by atoms with Crippen molar-refractivity contribution in [3.63, 3.8) is 0 Å². The second kappa shape index (κ2) is 6.31. The van der Waals surface area contributed by atoms with Crippen LogP contribution in [0.2, 0.25) is 0 Å². The average molecular weight is 220 g/mol. The third-order valence-electron chi connectivity index (χ3n) is 2.83. The van der Waals surface area contributed by atoms with Gasteiger partial charge in [0, 0.05) is 17.9 Å². The minimum absolute atomic E-state index is 0.148. The molecule has 16 heavy (non-hydrogen) atoms. The van der Waals surface area contributed by atoms with Gasteiger partial charge in [-0.3, -0.25) is 4.79 Å². The van der Waals surface area contributed by atoms with E-state index >= 15 is 0 Å². The minimum atomic E-state index is 0.148. The third-order valence-corrected chi connectivity index (χ3v) is 2.83.